The summed E-state index contributed by atoms with van der Waals surface area (Å²) in [5.41, 5.74) is 3.37. The lowest BCUT2D eigenvalue weighted by atomic mass is 10.0. The lowest BCUT2D eigenvalue weighted by molar-refractivity contribution is 0.104. The molecule has 3 aromatic carbocycles. The highest BCUT2D eigenvalue weighted by molar-refractivity contribution is 7.97. The average Bonchev–Trinajstić information content (AvgIpc) is 3.32. The van der Waals surface area contributed by atoms with Crippen LogP contribution >= 0.6 is 11.6 Å². The van der Waals surface area contributed by atoms with Crippen molar-refractivity contribution in [1.29, 1.82) is 0 Å². The van der Waals surface area contributed by atoms with Gasteiger partial charge in [-0.25, -0.2) is 8.42 Å². The number of rotatable bonds is 6. The fourth-order valence-electron chi connectivity index (χ4n) is 4.31. The molecule has 0 saturated carbocycles. The predicted octanol–water partition coefficient (Wildman–Crippen LogP) is 6.96. The number of allylic oxidation sites excluding steroid dienone is 5. The zero-order chi connectivity index (χ0) is 25.3. The molecule has 182 valence electrons. The highest BCUT2D eigenvalue weighted by Gasteiger charge is 2.38. The summed E-state index contributed by atoms with van der Waals surface area (Å²) < 4.78 is 31.8. The Balaban J connectivity index is 1.42. The summed E-state index contributed by atoms with van der Waals surface area (Å²) in [4.78, 5) is 14.5. The van der Waals surface area contributed by atoms with Gasteiger partial charge in [0, 0.05) is 17.1 Å². The van der Waals surface area contributed by atoms with Crippen LogP contribution in [0.2, 0.25) is 5.02 Å². The summed E-state index contributed by atoms with van der Waals surface area (Å²) in [6.45, 7) is 2.92. The van der Waals surface area contributed by atoms with Gasteiger partial charge in [0.25, 0.3) is 0 Å². The van der Waals surface area contributed by atoms with Crippen LogP contribution in [0.4, 0.5) is 5.69 Å². The number of hydrogen-bond acceptors (Lipinski definition) is 5. The molecule has 0 amide bonds. The van der Waals surface area contributed by atoms with E-state index in [0.717, 1.165) is 42.0 Å². The van der Waals surface area contributed by atoms with Crippen molar-refractivity contribution in [2.75, 3.05) is 11.4 Å². The average molecular weight is 518 g/mol. The number of sulfone groups is 1. The summed E-state index contributed by atoms with van der Waals surface area (Å²) >= 11 is 5.94. The van der Waals surface area contributed by atoms with Crippen molar-refractivity contribution in [1.82, 2.24) is 0 Å². The topological polar surface area (TPSA) is 63.7 Å². The Morgan fingerprint density at radius 2 is 1.72 bits per heavy atom. The Labute approximate surface area is 215 Å². The van der Waals surface area contributed by atoms with Crippen molar-refractivity contribution in [3.8, 4) is 16.9 Å². The van der Waals surface area contributed by atoms with E-state index in [-0.39, 0.29) is 20.4 Å². The first-order valence-electron chi connectivity index (χ1n) is 11.7. The zero-order valence-corrected chi connectivity index (χ0v) is 21.2. The number of hydrogen-bond donors (Lipinski definition) is 0. The Bertz CT molecular complexity index is 1540. The third-order valence-electron chi connectivity index (χ3n) is 6.16. The molecule has 0 aromatic heterocycles. The van der Waals surface area contributed by atoms with Crippen molar-refractivity contribution in [2.45, 2.75) is 24.7 Å². The summed E-state index contributed by atoms with van der Waals surface area (Å²) in [5, 5.41) is 0.271. The number of ether oxygens (including phenoxy) is 1. The van der Waals surface area contributed by atoms with Crippen molar-refractivity contribution in [3.63, 3.8) is 0 Å². The van der Waals surface area contributed by atoms with E-state index in [1.54, 1.807) is 18.2 Å². The number of anilines is 1. The molecule has 0 bridgehead atoms. The van der Waals surface area contributed by atoms with E-state index in [0.29, 0.717) is 5.88 Å². The van der Waals surface area contributed by atoms with E-state index in [9.17, 15) is 13.2 Å². The van der Waals surface area contributed by atoms with Crippen LogP contribution in [-0.2, 0) is 9.84 Å². The molecular formula is C29H24ClNO4S. The smallest absolute Gasteiger partial charge is 0.211 e. The fraction of sp³-hybridized carbons (Fsp3) is 0.138. The maximum Gasteiger partial charge on any atom is 0.211 e. The van der Waals surface area contributed by atoms with Gasteiger partial charge < -0.3 is 9.64 Å². The first kappa shape index (κ1) is 24.1. The minimum Gasteiger partial charge on any atom is -0.439 e. The van der Waals surface area contributed by atoms with Crippen LogP contribution in [-0.4, -0.2) is 20.7 Å². The van der Waals surface area contributed by atoms with Gasteiger partial charge in [0.15, 0.2) is 5.75 Å². The molecule has 2 aliphatic rings. The number of carbonyl (C=O) groups excluding carboxylic acids is 1. The zero-order valence-electron chi connectivity index (χ0n) is 19.6. The van der Waals surface area contributed by atoms with Gasteiger partial charge in [-0.2, -0.15) is 0 Å². The lowest BCUT2D eigenvalue weighted by Gasteiger charge is -2.18. The number of Topliss-reactive ketones (excluding diaryl/α,β-unsaturated/α-hetero) is 1. The van der Waals surface area contributed by atoms with Gasteiger partial charge in [-0.1, -0.05) is 73.5 Å². The third kappa shape index (κ3) is 4.38. The second kappa shape index (κ2) is 9.80. The van der Waals surface area contributed by atoms with Gasteiger partial charge >= 0.3 is 0 Å². The van der Waals surface area contributed by atoms with E-state index in [1.165, 1.54) is 24.3 Å². The van der Waals surface area contributed by atoms with E-state index < -0.39 is 15.6 Å². The van der Waals surface area contributed by atoms with Crippen LogP contribution in [0.1, 0.15) is 30.1 Å². The molecular weight excluding hydrogens is 494 g/mol. The molecule has 0 radical (unpaired) electrons. The van der Waals surface area contributed by atoms with E-state index in [2.05, 4.69) is 30.0 Å². The molecule has 0 unspecified atom stereocenters. The van der Waals surface area contributed by atoms with Gasteiger partial charge in [0.1, 0.15) is 4.91 Å². The Kier molecular flexibility index (Phi) is 6.56. The molecule has 2 aliphatic heterocycles. The van der Waals surface area contributed by atoms with Crippen LogP contribution in [0.15, 0.2) is 107 Å². The lowest BCUT2D eigenvalue weighted by Crippen LogP contribution is -2.21. The monoisotopic (exact) mass is 517 g/mol. The van der Waals surface area contributed by atoms with Gasteiger partial charge in [-0.05, 0) is 60.0 Å². The molecule has 0 saturated heterocycles. The molecule has 0 fully saturated rings. The van der Waals surface area contributed by atoms with Gasteiger partial charge in [0.2, 0.25) is 21.5 Å². The van der Waals surface area contributed by atoms with Crippen LogP contribution < -0.4 is 9.64 Å². The van der Waals surface area contributed by atoms with E-state index >= 15 is 0 Å². The van der Waals surface area contributed by atoms with Gasteiger partial charge in [0.05, 0.1) is 10.6 Å². The minimum atomic E-state index is -3.90. The highest BCUT2D eigenvalue weighted by atomic mass is 35.5. The number of fused-ring (bicyclic) bond motifs is 2. The SMILES string of the molecule is CCCCN1/C(=C/C=C/C=C2/C(=O)c3ccc(Cl)cc3S2(=O)=O)Oc2ccc(-c3ccccc3)cc21. The van der Waals surface area contributed by atoms with Crippen molar-refractivity contribution < 1.29 is 17.9 Å². The largest absolute Gasteiger partial charge is 0.439 e. The second-order valence-corrected chi connectivity index (χ2v) is 10.9. The second-order valence-electron chi connectivity index (χ2n) is 8.55. The standard InChI is InChI=1S/C29H24ClNO4S/c1-2-3-17-31-24-18-21(20-9-5-4-6-10-20)13-16-25(24)35-28(31)12-8-7-11-26-29(32)23-15-14-22(30)19-27(23)36(26,33)34/h4-16,18-19H,2-3,17H2,1H3/b8-7+,26-11-,28-12-. The molecule has 0 atom stereocenters. The van der Waals surface area contributed by atoms with Crippen molar-refractivity contribution in [2.24, 2.45) is 0 Å². The normalized spacial score (nSPS) is 18.2. The molecule has 2 heterocycles. The van der Waals surface area contributed by atoms with Crippen molar-refractivity contribution in [3.05, 3.63) is 112 Å². The van der Waals surface area contributed by atoms with Gasteiger partial charge in [-0.3, -0.25) is 4.79 Å². The van der Waals surface area contributed by atoms with Gasteiger partial charge in [-0.15, -0.1) is 0 Å². The van der Waals surface area contributed by atoms with Crippen LogP contribution in [0.3, 0.4) is 0 Å². The summed E-state index contributed by atoms with van der Waals surface area (Å²) in [6.07, 6.45) is 8.36. The number of ketones is 1. The summed E-state index contributed by atoms with van der Waals surface area (Å²) in [7, 11) is -3.90. The van der Waals surface area contributed by atoms with Crippen molar-refractivity contribution >= 4 is 32.9 Å². The summed E-state index contributed by atoms with van der Waals surface area (Å²) in [6, 6.07) is 20.6. The Hall–Kier alpha value is -3.61. The van der Waals surface area contributed by atoms with Crippen LogP contribution in [0, 0.1) is 0 Å². The fourth-order valence-corrected chi connectivity index (χ4v) is 6.13. The summed E-state index contributed by atoms with van der Waals surface area (Å²) in [5.74, 6) is 0.889. The maximum absolute atomic E-state index is 12.8. The van der Waals surface area contributed by atoms with E-state index in [4.69, 9.17) is 16.3 Å². The highest BCUT2D eigenvalue weighted by Crippen LogP contribution is 2.42. The predicted molar refractivity (Wildman–Crippen MR) is 143 cm³/mol. The Morgan fingerprint density at radius 3 is 2.50 bits per heavy atom. The molecule has 0 aliphatic carbocycles. The van der Waals surface area contributed by atoms with Crippen LogP contribution in [0.25, 0.3) is 11.1 Å². The molecule has 0 N–H and O–H groups in total. The minimum absolute atomic E-state index is 0.0486. The number of carbonyl (C=O) groups is 1. The molecule has 5 rings (SSSR count). The third-order valence-corrected chi connectivity index (χ3v) is 8.21. The first-order valence-corrected chi connectivity index (χ1v) is 13.6. The number of unbranched alkanes of at least 4 members (excludes halogenated alkanes) is 1. The Morgan fingerprint density at radius 1 is 0.944 bits per heavy atom. The van der Waals surface area contributed by atoms with Crippen LogP contribution in [0.5, 0.6) is 5.75 Å². The molecule has 7 heteroatoms. The molecule has 36 heavy (non-hydrogen) atoms. The van der Waals surface area contributed by atoms with E-state index in [1.807, 2.05) is 30.3 Å². The quantitative estimate of drug-likeness (QED) is 0.331. The first-order chi connectivity index (χ1) is 17.4. The number of benzene rings is 3. The molecule has 0 spiro atoms. The number of halogens is 1. The number of nitrogens with zero attached hydrogens (tertiary/aromatic N) is 1. The molecule has 5 nitrogen and oxygen atoms in total. The maximum atomic E-state index is 12.8. The molecule has 3 aromatic rings.